The summed E-state index contributed by atoms with van der Waals surface area (Å²) in [6.07, 6.45) is 2.28. The Bertz CT molecular complexity index is 983. The number of pyridine rings is 1. The van der Waals surface area contributed by atoms with Crippen LogP contribution in [0.2, 0.25) is 0 Å². The molecule has 4 rings (SSSR count). The summed E-state index contributed by atoms with van der Waals surface area (Å²) in [5.74, 6) is 1.46. The normalized spacial score (nSPS) is 10.9. The molecule has 0 spiro atoms. The molecule has 0 N–H and O–H groups in total. The largest absolute Gasteiger partial charge is 0.337 e. The summed E-state index contributed by atoms with van der Waals surface area (Å²) in [6.45, 7) is 0.255. The van der Waals surface area contributed by atoms with E-state index in [4.69, 9.17) is 4.52 Å². The van der Waals surface area contributed by atoms with Crippen LogP contribution in [0.15, 0.2) is 57.7 Å². The molecular formula is C16H12BrN7O. The summed E-state index contributed by atoms with van der Waals surface area (Å²) in [5, 5.41) is 16.4. The molecule has 1 aromatic carbocycles. The van der Waals surface area contributed by atoms with Crippen LogP contribution in [-0.2, 0) is 13.0 Å². The maximum atomic E-state index is 5.23. The molecule has 0 radical (unpaired) electrons. The van der Waals surface area contributed by atoms with Crippen LogP contribution in [-0.4, -0.2) is 35.3 Å². The molecule has 0 fully saturated rings. The lowest BCUT2D eigenvalue weighted by molar-refractivity contribution is 0.356. The second kappa shape index (κ2) is 6.89. The van der Waals surface area contributed by atoms with Gasteiger partial charge >= 0.3 is 0 Å². The van der Waals surface area contributed by atoms with E-state index >= 15 is 0 Å². The maximum absolute atomic E-state index is 5.23. The highest BCUT2D eigenvalue weighted by molar-refractivity contribution is 9.10. The Morgan fingerprint density at radius 1 is 1.12 bits per heavy atom. The van der Waals surface area contributed by atoms with E-state index in [1.165, 1.54) is 4.80 Å². The van der Waals surface area contributed by atoms with Crippen molar-refractivity contribution in [3.8, 4) is 11.5 Å². The van der Waals surface area contributed by atoms with Crippen LogP contribution in [0, 0.1) is 0 Å². The number of halogens is 1. The van der Waals surface area contributed by atoms with E-state index in [-0.39, 0.29) is 6.54 Å². The smallest absolute Gasteiger partial charge is 0.250 e. The summed E-state index contributed by atoms with van der Waals surface area (Å²) < 4.78 is 6.25. The Morgan fingerprint density at radius 2 is 2.08 bits per heavy atom. The monoisotopic (exact) mass is 397 g/mol. The highest BCUT2D eigenvalue weighted by Gasteiger charge is 2.12. The number of hydrogen-bond acceptors (Lipinski definition) is 7. The molecule has 0 aliphatic heterocycles. The first-order chi connectivity index (χ1) is 12.3. The minimum absolute atomic E-state index is 0.255. The Morgan fingerprint density at radius 3 is 2.92 bits per heavy atom. The van der Waals surface area contributed by atoms with Gasteiger partial charge in [0.25, 0.3) is 5.89 Å². The second-order valence-electron chi connectivity index (χ2n) is 5.27. The molecule has 0 unspecified atom stereocenters. The van der Waals surface area contributed by atoms with Gasteiger partial charge in [-0.1, -0.05) is 39.3 Å². The van der Waals surface area contributed by atoms with Crippen molar-refractivity contribution < 1.29 is 4.52 Å². The maximum Gasteiger partial charge on any atom is 0.250 e. The third-order valence-corrected chi connectivity index (χ3v) is 3.88. The number of benzene rings is 1. The molecule has 0 bridgehead atoms. The quantitative estimate of drug-likeness (QED) is 0.510. The van der Waals surface area contributed by atoms with E-state index < -0.39 is 0 Å². The fraction of sp³-hybridized carbons (Fsp3) is 0.125. The Labute approximate surface area is 151 Å². The average Bonchev–Trinajstić information content (AvgIpc) is 3.26. The molecule has 3 heterocycles. The number of nitrogens with zero attached hydrogens (tertiary/aromatic N) is 7. The summed E-state index contributed by atoms with van der Waals surface area (Å²) >= 11 is 3.45. The molecule has 0 aliphatic rings. The third-order valence-electron chi connectivity index (χ3n) is 3.38. The van der Waals surface area contributed by atoms with E-state index in [2.05, 4.69) is 46.5 Å². The van der Waals surface area contributed by atoms with Gasteiger partial charge in [-0.2, -0.15) is 9.78 Å². The summed E-state index contributed by atoms with van der Waals surface area (Å²) in [5.41, 5.74) is 1.75. The number of hydrogen-bond donors (Lipinski definition) is 0. The van der Waals surface area contributed by atoms with Crippen LogP contribution in [0.25, 0.3) is 11.5 Å². The molecule has 0 saturated heterocycles. The third kappa shape index (κ3) is 3.77. The van der Waals surface area contributed by atoms with Crippen LogP contribution in [0.1, 0.15) is 17.3 Å². The first-order valence-corrected chi connectivity index (χ1v) is 8.31. The van der Waals surface area contributed by atoms with Crippen LogP contribution < -0.4 is 0 Å². The second-order valence-corrected chi connectivity index (χ2v) is 6.19. The van der Waals surface area contributed by atoms with E-state index in [1.54, 1.807) is 6.20 Å². The lowest BCUT2D eigenvalue weighted by atomic mass is 10.1. The zero-order valence-electron chi connectivity index (χ0n) is 12.9. The van der Waals surface area contributed by atoms with Gasteiger partial charge in [0, 0.05) is 17.1 Å². The molecule has 25 heavy (non-hydrogen) atoms. The molecule has 0 aliphatic carbocycles. The Hall–Kier alpha value is -2.94. The first kappa shape index (κ1) is 15.6. The number of aromatic nitrogens is 7. The topological polar surface area (TPSA) is 95.4 Å². The predicted octanol–water partition coefficient (Wildman–Crippen LogP) is 2.52. The average molecular weight is 398 g/mol. The summed E-state index contributed by atoms with van der Waals surface area (Å²) in [6, 6.07) is 13.5. The van der Waals surface area contributed by atoms with E-state index in [9.17, 15) is 0 Å². The van der Waals surface area contributed by atoms with Crippen molar-refractivity contribution >= 4 is 15.9 Å². The molecule has 9 heteroatoms. The van der Waals surface area contributed by atoms with Crippen LogP contribution in [0.5, 0.6) is 0 Å². The minimum atomic E-state index is 0.255. The van der Waals surface area contributed by atoms with Gasteiger partial charge in [-0.25, -0.2) is 0 Å². The van der Waals surface area contributed by atoms with Crippen molar-refractivity contribution in [1.29, 1.82) is 0 Å². The van der Waals surface area contributed by atoms with Crippen molar-refractivity contribution in [1.82, 2.24) is 35.3 Å². The molecule has 0 saturated carbocycles. The highest BCUT2D eigenvalue weighted by Crippen LogP contribution is 2.14. The van der Waals surface area contributed by atoms with Gasteiger partial charge in [0.2, 0.25) is 5.82 Å². The highest BCUT2D eigenvalue weighted by atomic mass is 79.9. The van der Waals surface area contributed by atoms with Crippen LogP contribution >= 0.6 is 15.9 Å². The van der Waals surface area contributed by atoms with Crippen molar-refractivity contribution in [3.63, 3.8) is 0 Å². The van der Waals surface area contributed by atoms with Gasteiger partial charge < -0.3 is 4.52 Å². The number of tetrazole rings is 1. The van der Waals surface area contributed by atoms with E-state index in [0.29, 0.717) is 29.7 Å². The number of rotatable bonds is 5. The molecule has 8 nitrogen and oxygen atoms in total. The van der Waals surface area contributed by atoms with Crippen molar-refractivity contribution in [3.05, 3.63) is 70.4 Å². The standard InChI is InChI=1S/C16H12BrN7O/c17-12-5-3-4-11(8-12)9-14-20-23-24(21-14)10-15-19-16(22-25-15)13-6-1-2-7-18-13/h1-8H,9-10H2. The molecule has 3 aromatic heterocycles. The molecular weight excluding hydrogens is 386 g/mol. The van der Waals surface area contributed by atoms with E-state index in [1.807, 2.05) is 42.5 Å². The van der Waals surface area contributed by atoms with Gasteiger partial charge in [0.15, 0.2) is 5.82 Å². The predicted molar refractivity (Wildman–Crippen MR) is 91.4 cm³/mol. The van der Waals surface area contributed by atoms with Crippen LogP contribution in [0.4, 0.5) is 0 Å². The van der Waals surface area contributed by atoms with Crippen LogP contribution in [0.3, 0.4) is 0 Å². The van der Waals surface area contributed by atoms with Gasteiger partial charge in [-0.05, 0) is 35.0 Å². The fourth-order valence-electron chi connectivity index (χ4n) is 2.28. The molecule has 0 atom stereocenters. The van der Waals surface area contributed by atoms with Gasteiger partial charge in [0.05, 0.1) is 0 Å². The molecule has 4 aromatic rings. The Balaban J connectivity index is 1.45. The molecule has 0 amide bonds. The summed E-state index contributed by atoms with van der Waals surface area (Å²) in [4.78, 5) is 9.93. The van der Waals surface area contributed by atoms with Crippen molar-refractivity contribution in [2.45, 2.75) is 13.0 Å². The van der Waals surface area contributed by atoms with Gasteiger partial charge in [-0.3, -0.25) is 4.98 Å². The minimum Gasteiger partial charge on any atom is -0.337 e. The summed E-state index contributed by atoms with van der Waals surface area (Å²) in [7, 11) is 0. The van der Waals surface area contributed by atoms with Crippen molar-refractivity contribution in [2.75, 3.05) is 0 Å². The Kier molecular flexibility index (Phi) is 4.30. The zero-order chi connectivity index (χ0) is 17.1. The van der Waals surface area contributed by atoms with Crippen molar-refractivity contribution in [2.24, 2.45) is 0 Å². The lowest BCUT2D eigenvalue weighted by Crippen LogP contribution is -2.04. The first-order valence-electron chi connectivity index (χ1n) is 7.51. The SMILES string of the molecule is Brc1cccc(Cc2nnn(Cc3nc(-c4ccccn4)no3)n2)c1. The zero-order valence-corrected chi connectivity index (χ0v) is 14.5. The van der Waals surface area contributed by atoms with E-state index in [0.717, 1.165) is 10.0 Å². The van der Waals surface area contributed by atoms with Gasteiger partial charge in [-0.15, -0.1) is 10.2 Å². The lowest BCUT2D eigenvalue weighted by Gasteiger charge is -1.97. The fourth-order valence-corrected chi connectivity index (χ4v) is 2.73. The van der Waals surface area contributed by atoms with Gasteiger partial charge in [0.1, 0.15) is 12.2 Å². The molecule has 124 valence electrons.